The maximum atomic E-state index is 12.7. The molecule has 3 rings (SSSR count). The van der Waals surface area contributed by atoms with Crippen LogP contribution in [0.5, 0.6) is 0 Å². The van der Waals surface area contributed by atoms with Gasteiger partial charge in [-0.25, -0.2) is 4.68 Å². The molecule has 0 radical (unpaired) electrons. The number of nitrogens with one attached hydrogen (secondary N) is 1. The summed E-state index contributed by atoms with van der Waals surface area (Å²) < 4.78 is 1.21. The normalized spacial score (nSPS) is 12.5. The van der Waals surface area contributed by atoms with Crippen molar-refractivity contribution in [1.82, 2.24) is 20.0 Å². The number of benzene rings is 1. The van der Waals surface area contributed by atoms with Crippen molar-refractivity contribution in [3.63, 3.8) is 0 Å². The van der Waals surface area contributed by atoms with Gasteiger partial charge in [-0.3, -0.25) is 9.59 Å². The molecule has 0 aliphatic heterocycles. The largest absolute Gasteiger partial charge is 0.349 e. The van der Waals surface area contributed by atoms with E-state index in [-0.39, 0.29) is 23.2 Å². The number of nitrogens with zero attached hydrogens (tertiary/aromatic N) is 3. The molecule has 7 heteroatoms. The molecule has 3 aromatic rings. The Morgan fingerprint density at radius 2 is 1.96 bits per heavy atom. The van der Waals surface area contributed by atoms with Gasteiger partial charge in [0.15, 0.2) is 5.69 Å². The minimum Gasteiger partial charge on any atom is -0.349 e. The molecule has 0 saturated carbocycles. The fraction of sp³-hybridized carbons (Fsp3) is 0.278. The van der Waals surface area contributed by atoms with Gasteiger partial charge in [-0.05, 0) is 31.6 Å². The second-order valence-corrected chi connectivity index (χ2v) is 7.01. The van der Waals surface area contributed by atoms with Crippen LogP contribution in [0.25, 0.3) is 10.8 Å². The Balaban J connectivity index is 1.88. The van der Waals surface area contributed by atoms with Crippen LogP contribution in [0.2, 0.25) is 0 Å². The lowest BCUT2D eigenvalue weighted by Crippen LogP contribution is -2.35. The van der Waals surface area contributed by atoms with Crippen molar-refractivity contribution in [3.05, 3.63) is 62.7 Å². The molecule has 0 saturated heterocycles. The van der Waals surface area contributed by atoms with E-state index < -0.39 is 0 Å². The molecule has 1 aromatic carbocycles. The van der Waals surface area contributed by atoms with E-state index >= 15 is 0 Å². The van der Waals surface area contributed by atoms with Crippen LogP contribution in [0, 0.1) is 0 Å². The SMILES string of the molecule is CN(C)[C@@H](CNC(=O)c1nn(C)c(=O)c2ccccc12)c1cccs1. The summed E-state index contributed by atoms with van der Waals surface area (Å²) in [7, 11) is 5.52. The highest BCUT2D eigenvalue weighted by Crippen LogP contribution is 2.22. The Hall–Kier alpha value is -2.51. The van der Waals surface area contributed by atoms with Gasteiger partial charge in [0.1, 0.15) is 0 Å². The highest BCUT2D eigenvalue weighted by atomic mass is 32.1. The lowest BCUT2D eigenvalue weighted by atomic mass is 10.1. The highest BCUT2D eigenvalue weighted by Gasteiger charge is 2.19. The van der Waals surface area contributed by atoms with E-state index in [4.69, 9.17) is 0 Å². The first kappa shape index (κ1) is 17.3. The van der Waals surface area contributed by atoms with Gasteiger partial charge in [0.05, 0.1) is 11.4 Å². The van der Waals surface area contributed by atoms with E-state index in [2.05, 4.69) is 21.4 Å². The molecule has 0 fully saturated rings. The van der Waals surface area contributed by atoms with Gasteiger partial charge < -0.3 is 10.2 Å². The molecular weight excluding hydrogens is 336 g/mol. The van der Waals surface area contributed by atoms with Gasteiger partial charge in [-0.1, -0.05) is 24.3 Å². The van der Waals surface area contributed by atoms with E-state index in [1.165, 1.54) is 9.56 Å². The topological polar surface area (TPSA) is 67.2 Å². The number of aryl methyl sites for hydroxylation is 1. The molecule has 2 aromatic heterocycles. The van der Waals surface area contributed by atoms with Gasteiger partial charge in [0.25, 0.3) is 11.5 Å². The maximum Gasteiger partial charge on any atom is 0.274 e. The third kappa shape index (κ3) is 3.47. The van der Waals surface area contributed by atoms with Crippen LogP contribution >= 0.6 is 11.3 Å². The van der Waals surface area contributed by atoms with E-state index in [0.717, 1.165) is 0 Å². The van der Waals surface area contributed by atoms with Crippen molar-refractivity contribution in [3.8, 4) is 0 Å². The van der Waals surface area contributed by atoms with Gasteiger partial charge >= 0.3 is 0 Å². The molecule has 0 spiro atoms. The fourth-order valence-electron chi connectivity index (χ4n) is 2.76. The van der Waals surface area contributed by atoms with E-state index in [9.17, 15) is 9.59 Å². The van der Waals surface area contributed by atoms with Crippen LogP contribution in [0.3, 0.4) is 0 Å². The molecular formula is C18H20N4O2S. The van der Waals surface area contributed by atoms with Crippen molar-refractivity contribution in [2.45, 2.75) is 6.04 Å². The molecule has 0 bridgehead atoms. The first-order valence-corrected chi connectivity index (χ1v) is 8.81. The Labute approximate surface area is 149 Å². The third-order valence-corrected chi connectivity index (χ3v) is 5.10. The van der Waals surface area contributed by atoms with Crippen LogP contribution < -0.4 is 10.9 Å². The number of carbonyl (C=O) groups is 1. The van der Waals surface area contributed by atoms with E-state index in [1.807, 2.05) is 25.5 Å². The zero-order chi connectivity index (χ0) is 18.0. The predicted octanol–water partition coefficient (Wildman–Crippen LogP) is 2.03. The zero-order valence-electron chi connectivity index (χ0n) is 14.4. The number of hydrogen-bond donors (Lipinski definition) is 1. The summed E-state index contributed by atoms with van der Waals surface area (Å²) in [6.45, 7) is 0.463. The maximum absolute atomic E-state index is 12.7. The van der Waals surface area contributed by atoms with Crippen LogP contribution in [-0.4, -0.2) is 41.2 Å². The smallest absolute Gasteiger partial charge is 0.274 e. The van der Waals surface area contributed by atoms with Crippen molar-refractivity contribution in [2.75, 3.05) is 20.6 Å². The number of thiophene rings is 1. The van der Waals surface area contributed by atoms with E-state index in [0.29, 0.717) is 17.3 Å². The summed E-state index contributed by atoms with van der Waals surface area (Å²) in [5.74, 6) is -0.282. The molecule has 0 aliphatic carbocycles. The number of amides is 1. The first-order chi connectivity index (χ1) is 12.0. The van der Waals surface area contributed by atoms with Crippen LogP contribution in [-0.2, 0) is 7.05 Å². The zero-order valence-corrected chi connectivity index (χ0v) is 15.2. The molecule has 6 nitrogen and oxygen atoms in total. The average molecular weight is 356 g/mol. The fourth-order valence-corrected chi connectivity index (χ4v) is 3.68. The van der Waals surface area contributed by atoms with Gasteiger partial charge in [0, 0.05) is 23.9 Å². The summed E-state index contributed by atoms with van der Waals surface area (Å²) in [5, 5.41) is 10.2. The van der Waals surface area contributed by atoms with Crippen LogP contribution in [0.4, 0.5) is 0 Å². The summed E-state index contributed by atoms with van der Waals surface area (Å²) >= 11 is 1.66. The quantitative estimate of drug-likeness (QED) is 0.760. The number of likely N-dealkylation sites (N-methyl/N-ethyl adjacent to an activating group) is 1. The van der Waals surface area contributed by atoms with E-state index in [1.54, 1.807) is 42.6 Å². The number of hydrogen-bond acceptors (Lipinski definition) is 5. The molecule has 0 unspecified atom stereocenters. The number of rotatable bonds is 5. The lowest BCUT2D eigenvalue weighted by Gasteiger charge is -2.23. The molecule has 1 amide bonds. The van der Waals surface area contributed by atoms with Crippen LogP contribution in [0.1, 0.15) is 21.4 Å². The minimum absolute atomic E-state index is 0.0859. The molecule has 1 atom stereocenters. The average Bonchev–Trinajstić information content (AvgIpc) is 3.12. The molecule has 2 heterocycles. The van der Waals surface area contributed by atoms with Crippen molar-refractivity contribution in [1.29, 1.82) is 0 Å². The molecule has 130 valence electrons. The second kappa shape index (κ2) is 7.16. The van der Waals surface area contributed by atoms with Crippen molar-refractivity contribution in [2.24, 2.45) is 7.05 Å². The van der Waals surface area contributed by atoms with Crippen LogP contribution in [0.15, 0.2) is 46.6 Å². The summed E-state index contributed by atoms with van der Waals surface area (Å²) in [4.78, 5) is 28.1. The number of carbonyl (C=O) groups excluding carboxylic acids is 1. The van der Waals surface area contributed by atoms with Gasteiger partial charge in [0.2, 0.25) is 0 Å². The molecule has 25 heavy (non-hydrogen) atoms. The Kier molecular flexibility index (Phi) is 4.96. The molecule has 0 aliphatic rings. The first-order valence-electron chi connectivity index (χ1n) is 7.93. The Morgan fingerprint density at radius 3 is 2.60 bits per heavy atom. The summed E-state index contributed by atoms with van der Waals surface area (Å²) in [5.41, 5.74) is 0.0540. The monoisotopic (exact) mass is 356 g/mol. The number of fused-ring (bicyclic) bond motifs is 1. The van der Waals surface area contributed by atoms with Gasteiger partial charge in [-0.15, -0.1) is 11.3 Å². The molecule has 1 N–H and O–H groups in total. The van der Waals surface area contributed by atoms with Crippen molar-refractivity contribution < 1.29 is 4.79 Å². The Bertz CT molecular complexity index is 947. The lowest BCUT2D eigenvalue weighted by molar-refractivity contribution is 0.0937. The summed E-state index contributed by atoms with van der Waals surface area (Å²) in [6, 6.07) is 11.2. The standard InChI is InChI=1S/C18H20N4O2S/c1-21(2)14(15-9-6-10-25-15)11-19-17(23)16-12-7-4-5-8-13(12)18(24)22(3)20-16/h4-10,14H,11H2,1-3H3,(H,19,23)/t14-/m0/s1. The Morgan fingerprint density at radius 1 is 1.24 bits per heavy atom. The summed E-state index contributed by atoms with van der Waals surface area (Å²) in [6.07, 6.45) is 0. The van der Waals surface area contributed by atoms with Crippen molar-refractivity contribution >= 4 is 28.0 Å². The third-order valence-electron chi connectivity index (χ3n) is 4.12. The predicted molar refractivity (Wildman–Crippen MR) is 100 cm³/mol. The van der Waals surface area contributed by atoms with Gasteiger partial charge in [-0.2, -0.15) is 5.10 Å². The minimum atomic E-state index is -0.282. The second-order valence-electron chi connectivity index (χ2n) is 6.03. The highest BCUT2D eigenvalue weighted by molar-refractivity contribution is 7.10. The number of aromatic nitrogens is 2.